The van der Waals surface area contributed by atoms with Crippen molar-refractivity contribution in [2.45, 2.75) is 41.5 Å². The van der Waals surface area contributed by atoms with E-state index in [4.69, 9.17) is 4.74 Å². The van der Waals surface area contributed by atoms with E-state index >= 15 is 0 Å². The van der Waals surface area contributed by atoms with Crippen molar-refractivity contribution in [2.75, 3.05) is 6.61 Å². The van der Waals surface area contributed by atoms with Gasteiger partial charge in [-0.05, 0) is 60.4 Å². The molecule has 0 unspecified atom stereocenters. The molecule has 0 amide bonds. The number of hydrogen-bond donors (Lipinski definition) is 1. The van der Waals surface area contributed by atoms with Crippen LogP contribution < -0.4 is 4.74 Å². The van der Waals surface area contributed by atoms with Crippen molar-refractivity contribution >= 4 is 28.7 Å². The lowest BCUT2D eigenvalue weighted by atomic mass is 9.94. The third-order valence-electron chi connectivity index (χ3n) is 5.26. The molecule has 0 saturated heterocycles. The number of benzene rings is 2. The normalized spacial score (nSPS) is 13.6. The van der Waals surface area contributed by atoms with Crippen molar-refractivity contribution in [3.8, 4) is 5.75 Å². The van der Waals surface area contributed by atoms with Gasteiger partial charge in [0.15, 0.2) is 4.34 Å². The number of nitrogens with zero attached hydrogens (tertiary/aromatic N) is 1. The van der Waals surface area contributed by atoms with Gasteiger partial charge < -0.3 is 9.84 Å². The second kappa shape index (κ2) is 8.30. The number of ether oxygens (including phenoxy) is 1. The molecule has 4 rings (SSSR count). The van der Waals surface area contributed by atoms with Crippen molar-refractivity contribution in [1.82, 2.24) is 4.98 Å². The summed E-state index contributed by atoms with van der Waals surface area (Å²) in [5.74, 6) is 0.571. The van der Waals surface area contributed by atoms with Gasteiger partial charge in [-0.3, -0.25) is 0 Å². The Morgan fingerprint density at radius 1 is 1.17 bits per heavy atom. The maximum absolute atomic E-state index is 13.3. The van der Waals surface area contributed by atoms with Crippen LogP contribution in [-0.4, -0.2) is 16.7 Å². The van der Waals surface area contributed by atoms with E-state index in [9.17, 15) is 9.50 Å². The molecule has 2 heterocycles. The van der Waals surface area contributed by atoms with Gasteiger partial charge in [-0.1, -0.05) is 37.7 Å². The monoisotopic (exact) mass is 427 g/mol. The molecular formula is C23H22FNO2S2. The van der Waals surface area contributed by atoms with Crippen LogP contribution in [0.2, 0.25) is 0 Å². The van der Waals surface area contributed by atoms with Crippen LogP contribution in [0.1, 0.15) is 43.5 Å². The minimum absolute atomic E-state index is 0.241. The first-order valence-corrected chi connectivity index (χ1v) is 11.3. The molecule has 1 N–H and O–H groups in total. The number of fused-ring (bicyclic) bond motifs is 1. The van der Waals surface area contributed by atoms with Gasteiger partial charge >= 0.3 is 0 Å². The Bertz CT molecular complexity index is 1040. The number of hydrogen-bond acceptors (Lipinski definition) is 5. The Morgan fingerprint density at radius 2 is 1.93 bits per heavy atom. The van der Waals surface area contributed by atoms with E-state index in [0.29, 0.717) is 19.4 Å². The number of thiazole rings is 1. The van der Waals surface area contributed by atoms with E-state index < -0.39 is 5.60 Å². The van der Waals surface area contributed by atoms with E-state index in [2.05, 4.69) is 4.98 Å². The topological polar surface area (TPSA) is 42.4 Å². The van der Waals surface area contributed by atoms with Gasteiger partial charge in [-0.25, -0.2) is 9.37 Å². The Morgan fingerprint density at radius 3 is 2.66 bits per heavy atom. The predicted molar refractivity (Wildman–Crippen MR) is 116 cm³/mol. The Kier molecular flexibility index (Phi) is 5.76. The number of rotatable bonds is 6. The highest BCUT2D eigenvalue weighted by Gasteiger charge is 2.28. The van der Waals surface area contributed by atoms with Crippen LogP contribution in [0.5, 0.6) is 5.75 Å². The van der Waals surface area contributed by atoms with Crippen molar-refractivity contribution < 1.29 is 14.2 Å². The summed E-state index contributed by atoms with van der Waals surface area (Å²) in [4.78, 5) is 5.68. The summed E-state index contributed by atoms with van der Waals surface area (Å²) in [5, 5.41) is 12.6. The van der Waals surface area contributed by atoms with Gasteiger partial charge in [0.25, 0.3) is 0 Å². The molecule has 3 nitrogen and oxygen atoms in total. The highest BCUT2D eigenvalue weighted by molar-refractivity contribution is 8.01. The largest absolute Gasteiger partial charge is 0.489 e. The molecule has 6 heteroatoms. The zero-order valence-corrected chi connectivity index (χ0v) is 17.9. The number of aliphatic hydroxyl groups is 1. The molecule has 1 aliphatic rings. The van der Waals surface area contributed by atoms with E-state index in [1.165, 1.54) is 12.1 Å². The van der Waals surface area contributed by atoms with Gasteiger partial charge in [-0.2, -0.15) is 0 Å². The van der Waals surface area contributed by atoms with Crippen LogP contribution in [-0.2, 0) is 5.60 Å². The van der Waals surface area contributed by atoms with Crippen LogP contribution in [0, 0.1) is 5.82 Å². The minimum atomic E-state index is -0.858. The zero-order valence-electron chi connectivity index (χ0n) is 16.3. The quantitative estimate of drug-likeness (QED) is 0.504. The number of halogens is 1. The molecule has 0 spiro atoms. The summed E-state index contributed by atoms with van der Waals surface area (Å²) >= 11 is 3.11. The van der Waals surface area contributed by atoms with Gasteiger partial charge in [-0.15, -0.1) is 11.3 Å². The fraction of sp³-hybridized carbons (Fsp3) is 0.261. The Hall–Kier alpha value is -2.15. The fourth-order valence-electron chi connectivity index (χ4n) is 3.37. The summed E-state index contributed by atoms with van der Waals surface area (Å²) < 4.78 is 20.0. The van der Waals surface area contributed by atoms with E-state index in [0.717, 1.165) is 37.4 Å². The predicted octanol–water partition coefficient (Wildman–Crippen LogP) is 6.27. The second-order valence-corrected chi connectivity index (χ2v) is 9.11. The third-order valence-corrected chi connectivity index (χ3v) is 7.19. The van der Waals surface area contributed by atoms with Gasteiger partial charge in [0.1, 0.15) is 23.8 Å². The first-order valence-electron chi connectivity index (χ1n) is 9.62. The lowest BCUT2D eigenvalue weighted by Gasteiger charge is -2.22. The molecule has 0 saturated carbocycles. The summed E-state index contributed by atoms with van der Waals surface area (Å²) in [5.41, 5.74) is 2.90. The summed E-state index contributed by atoms with van der Waals surface area (Å²) in [7, 11) is 0. The van der Waals surface area contributed by atoms with Gasteiger partial charge in [0.05, 0.1) is 5.69 Å². The van der Waals surface area contributed by atoms with Crippen LogP contribution in [0.25, 0.3) is 5.57 Å². The maximum Gasteiger partial charge on any atom is 0.155 e. The molecule has 0 radical (unpaired) electrons. The molecular weight excluding hydrogens is 405 g/mol. The molecule has 1 aromatic heterocycles. The Balaban J connectivity index is 1.57. The molecule has 150 valence electrons. The standard InChI is InChI=1S/C23H22FNO2S2/c1-3-23(26,4-2)21-14-28-22(25-21)29-17-9-10-19-18(11-12-27-20(19)13-17)15-5-7-16(24)8-6-15/h5-11,13-14,26H,3-4,12H2,1-2H3. The molecule has 0 aliphatic carbocycles. The molecule has 0 fully saturated rings. The van der Waals surface area contributed by atoms with E-state index in [1.54, 1.807) is 35.2 Å². The number of aromatic nitrogens is 1. The molecule has 3 aromatic rings. The van der Waals surface area contributed by atoms with Crippen molar-refractivity contribution in [2.24, 2.45) is 0 Å². The minimum Gasteiger partial charge on any atom is -0.489 e. The van der Waals surface area contributed by atoms with Crippen molar-refractivity contribution in [1.29, 1.82) is 0 Å². The highest BCUT2D eigenvalue weighted by Crippen LogP contribution is 2.40. The molecule has 0 atom stereocenters. The summed E-state index contributed by atoms with van der Waals surface area (Å²) in [6, 6.07) is 12.6. The average molecular weight is 428 g/mol. The fourth-order valence-corrected chi connectivity index (χ4v) is 5.28. The van der Waals surface area contributed by atoms with Crippen LogP contribution in [0.3, 0.4) is 0 Å². The first-order chi connectivity index (χ1) is 14.0. The van der Waals surface area contributed by atoms with Crippen molar-refractivity contribution in [3.63, 3.8) is 0 Å². The molecule has 1 aliphatic heterocycles. The van der Waals surface area contributed by atoms with Crippen molar-refractivity contribution in [3.05, 3.63) is 76.6 Å². The smallest absolute Gasteiger partial charge is 0.155 e. The van der Waals surface area contributed by atoms with Gasteiger partial charge in [0, 0.05) is 15.8 Å². The zero-order chi connectivity index (χ0) is 20.4. The molecule has 29 heavy (non-hydrogen) atoms. The maximum atomic E-state index is 13.3. The van der Waals surface area contributed by atoms with E-state index in [-0.39, 0.29) is 5.82 Å². The third kappa shape index (κ3) is 4.10. The summed E-state index contributed by atoms with van der Waals surface area (Å²) in [6.45, 7) is 4.43. The van der Waals surface area contributed by atoms with Gasteiger partial charge in [0.2, 0.25) is 0 Å². The van der Waals surface area contributed by atoms with Crippen LogP contribution >= 0.6 is 23.1 Å². The van der Waals surface area contributed by atoms with Crippen LogP contribution in [0.15, 0.2) is 63.2 Å². The average Bonchev–Trinajstić information content (AvgIpc) is 3.22. The molecule has 2 aromatic carbocycles. The first kappa shape index (κ1) is 20.1. The Labute approximate surface area is 178 Å². The summed E-state index contributed by atoms with van der Waals surface area (Å²) in [6.07, 6.45) is 3.30. The SMILES string of the molecule is CCC(O)(CC)c1csc(Sc2ccc3c(c2)OCC=C3c2ccc(F)cc2)n1. The second-order valence-electron chi connectivity index (χ2n) is 6.93. The molecule has 0 bridgehead atoms. The lowest BCUT2D eigenvalue weighted by Crippen LogP contribution is -2.23. The lowest BCUT2D eigenvalue weighted by molar-refractivity contribution is 0.0242. The van der Waals surface area contributed by atoms with Crippen LogP contribution in [0.4, 0.5) is 4.39 Å². The van der Waals surface area contributed by atoms with E-state index in [1.807, 2.05) is 43.5 Å². The highest BCUT2D eigenvalue weighted by atomic mass is 32.2.